The zero-order chi connectivity index (χ0) is 11.5. The fourth-order valence-corrected chi connectivity index (χ4v) is 1.04. The summed E-state index contributed by atoms with van der Waals surface area (Å²) in [5.74, 6) is -0.450. The summed E-state index contributed by atoms with van der Waals surface area (Å²) in [5, 5.41) is 18.0. The molecule has 0 aliphatic heterocycles. The lowest BCUT2D eigenvalue weighted by atomic mass is 10.0. The molecule has 4 nitrogen and oxygen atoms in total. The number of carboxylic acid groups (broad SMARTS) is 1. The number of benzene rings is 1. The van der Waals surface area contributed by atoms with E-state index in [0.717, 1.165) is 0 Å². The molecule has 0 heterocycles. The zero-order valence-electron chi connectivity index (χ0n) is 8.73. The van der Waals surface area contributed by atoms with Crippen molar-refractivity contribution >= 4 is 5.97 Å². The third-order valence-electron chi connectivity index (χ3n) is 2.31. The van der Waals surface area contributed by atoms with E-state index in [4.69, 9.17) is 14.9 Å². The molecule has 1 atom stereocenters. The molecule has 0 aliphatic carbocycles. The van der Waals surface area contributed by atoms with Gasteiger partial charge >= 0.3 is 5.97 Å². The molecule has 2 N–H and O–H groups in total. The lowest BCUT2D eigenvalue weighted by Gasteiger charge is -2.24. The van der Waals surface area contributed by atoms with Gasteiger partial charge in [-0.15, -0.1) is 0 Å². The van der Waals surface area contributed by atoms with Crippen LogP contribution in [0.5, 0.6) is 11.5 Å². The molecule has 0 saturated heterocycles. The molecular weight excluding hydrogens is 196 g/mol. The van der Waals surface area contributed by atoms with Gasteiger partial charge < -0.3 is 14.9 Å². The highest BCUT2D eigenvalue weighted by Gasteiger charge is 2.33. The normalized spacial score (nSPS) is 14.3. The second-order valence-corrected chi connectivity index (χ2v) is 3.49. The smallest absolute Gasteiger partial charge is 0.347 e. The molecule has 0 bridgehead atoms. The van der Waals surface area contributed by atoms with E-state index in [1.807, 2.05) is 0 Å². The minimum Gasteiger partial charge on any atom is -0.508 e. The van der Waals surface area contributed by atoms with Gasteiger partial charge in [0.05, 0.1) is 0 Å². The van der Waals surface area contributed by atoms with Gasteiger partial charge in [-0.2, -0.15) is 0 Å². The van der Waals surface area contributed by atoms with Crippen molar-refractivity contribution < 1.29 is 19.7 Å². The van der Waals surface area contributed by atoms with Crippen LogP contribution in [0, 0.1) is 0 Å². The number of carbonyl (C=O) groups is 1. The van der Waals surface area contributed by atoms with Gasteiger partial charge in [0, 0.05) is 0 Å². The Morgan fingerprint density at radius 3 is 2.33 bits per heavy atom. The van der Waals surface area contributed by atoms with Crippen molar-refractivity contribution in [3.05, 3.63) is 24.3 Å². The van der Waals surface area contributed by atoms with Crippen molar-refractivity contribution in [2.24, 2.45) is 0 Å². The van der Waals surface area contributed by atoms with Gasteiger partial charge in [-0.3, -0.25) is 0 Å². The van der Waals surface area contributed by atoms with Gasteiger partial charge in [0.2, 0.25) is 5.60 Å². The highest BCUT2D eigenvalue weighted by atomic mass is 16.5. The molecule has 0 aliphatic rings. The number of phenols is 1. The highest BCUT2D eigenvalue weighted by Crippen LogP contribution is 2.23. The molecule has 0 aromatic heterocycles. The Morgan fingerprint density at radius 2 is 1.93 bits per heavy atom. The van der Waals surface area contributed by atoms with Crippen LogP contribution in [0.3, 0.4) is 0 Å². The predicted molar refractivity (Wildman–Crippen MR) is 55.1 cm³/mol. The minimum atomic E-state index is -1.23. The number of aliphatic carboxylic acids is 1. The fourth-order valence-electron chi connectivity index (χ4n) is 1.04. The Labute approximate surface area is 88.1 Å². The van der Waals surface area contributed by atoms with E-state index >= 15 is 0 Å². The van der Waals surface area contributed by atoms with Gasteiger partial charge in [0.15, 0.2) is 0 Å². The van der Waals surface area contributed by atoms with Gasteiger partial charge in [0.25, 0.3) is 0 Å². The lowest BCUT2D eigenvalue weighted by Crippen LogP contribution is -2.40. The maximum Gasteiger partial charge on any atom is 0.347 e. The van der Waals surface area contributed by atoms with Crippen LogP contribution in [-0.4, -0.2) is 21.8 Å². The van der Waals surface area contributed by atoms with E-state index in [-0.39, 0.29) is 5.75 Å². The Hall–Kier alpha value is -1.71. The second kappa shape index (κ2) is 4.21. The van der Waals surface area contributed by atoms with E-state index in [1.54, 1.807) is 6.92 Å². The van der Waals surface area contributed by atoms with Crippen molar-refractivity contribution in [2.45, 2.75) is 25.9 Å². The predicted octanol–water partition coefficient (Wildman–Crippen LogP) is 2.02. The first-order valence-corrected chi connectivity index (χ1v) is 4.69. The monoisotopic (exact) mass is 210 g/mol. The Balaban J connectivity index is 2.84. The Morgan fingerprint density at radius 1 is 1.40 bits per heavy atom. The number of rotatable bonds is 4. The van der Waals surface area contributed by atoms with E-state index in [2.05, 4.69) is 0 Å². The number of hydrogen-bond acceptors (Lipinski definition) is 3. The summed E-state index contributed by atoms with van der Waals surface area (Å²) >= 11 is 0. The number of carboxylic acids is 1. The standard InChI is InChI=1S/C11H14O4/c1-3-11(2,10(13)14)15-9-6-4-8(12)5-7-9/h4-7,12H,3H2,1-2H3,(H,13,14). The summed E-state index contributed by atoms with van der Waals surface area (Å²) in [5.41, 5.74) is -1.23. The first-order valence-electron chi connectivity index (χ1n) is 4.69. The lowest BCUT2D eigenvalue weighted by molar-refractivity contribution is -0.154. The van der Waals surface area contributed by atoms with Crippen LogP contribution in [0.25, 0.3) is 0 Å². The van der Waals surface area contributed by atoms with Crippen molar-refractivity contribution in [3.8, 4) is 11.5 Å². The van der Waals surface area contributed by atoms with Crippen LogP contribution in [0.2, 0.25) is 0 Å². The van der Waals surface area contributed by atoms with E-state index in [9.17, 15) is 4.79 Å². The van der Waals surface area contributed by atoms with Crippen LogP contribution in [0.4, 0.5) is 0 Å². The number of ether oxygens (including phenoxy) is 1. The molecule has 82 valence electrons. The first kappa shape index (κ1) is 11.4. The number of phenolic OH excluding ortho intramolecular Hbond substituents is 1. The molecule has 0 amide bonds. The molecule has 0 fully saturated rings. The molecule has 1 aromatic carbocycles. The molecule has 0 spiro atoms. The van der Waals surface area contributed by atoms with Crippen LogP contribution in [0.15, 0.2) is 24.3 Å². The van der Waals surface area contributed by atoms with Crippen molar-refractivity contribution in [1.82, 2.24) is 0 Å². The molecule has 0 radical (unpaired) electrons. The highest BCUT2D eigenvalue weighted by molar-refractivity contribution is 5.77. The van der Waals surface area contributed by atoms with Crippen molar-refractivity contribution in [1.29, 1.82) is 0 Å². The van der Waals surface area contributed by atoms with Crippen LogP contribution in [0.1, 0.15) is 20.3 Å². The maximum absolute atomic E-state index is 10.9. The zero-order valence-corrected chi connectivity index (χ0v) is 8.73. The minimum absolute atomic E-state index is 0.121. The topological polar surface area (TPSA) is 66.8 Å². The quantitative estimate of drug-likeness (QED) is 0.797. The maximum atomic E-state index is 10.9. The molecule has 15 heavy (non-hydrogen) atoms. The van der Waals surface area contributed by atoms with Crippen LogP contribution >= 0.6 is 0 Å². The molecule has 4 heteroatoms. The third kappa shape index (κ3) is 2.62. The second-order valence-electron chi connectivity index (χ2n) is 3.49. The van der Waals surface area contributed by atoms with Gasteiger partial charge in [-0.05, 0) is 37.6 Å². The van der Waals surface area contributed by atoms with Crippen LogP contribution in [-0.2, 0) is 4.79 Å². The average molecular weight is 210 g/mol. The van der Waals surface area contributed by atoms with Crippen LogP contribution < -0.4 is 4.74 Å². The molecule has 1 unspecified atom stereocenters. The SMILES string of the molecule is CCC(C)(Oc1ccc(O)cc1)C(=O)O. The first-order chi connectivity index (χ1) is 6.98. The summed E-state index contributed by atoms with van der Waals surface area (Å²) in [4.78, 5) is 10.9. The largest absolute Gasteiger partial charge is 0.508 e. The summed E-state index contributed by atoms with van der Waals surface area (Å²) < 4.78 is 5.36. The molecule has 0 saturated carbocycles. The van der Waals surface area contributed by atoms with Gasteiger partial charge in [-0.1, -0.05) is 6.92 Å². The van der Waals surface area contributed by atoms with Crippen molar-refractivity contribution in [3.63, 3.8) is 0 Å². The molecule has 1 rings (SSSR count). The summed E-state index contributed by atoms with van der Waals surface area (Å²) in [6.45, 7) is 3.26. The number of hydrogen-bond donors (Lipinski definition) is 2. The summed E-state index contributed by atoms with van der Waals surface area (Å²) in [7, 11) is 0. The summed E-state index contributed by atoms with van der Waals surface area (Å²) in [6, 6.07) is 5.97. The average Bonchev–Trinajstić information content (AvgIpc) is 2.21. The number of aromatic hydroxyl groups is 1. The fraction of sp³-hybridized carbons (Fsp3) is 0.364. The molecule has 1 aromatic rings. The third-order valence-corrected chi connectivity index (χ3v) is 2.31. The van der Waals surface area contributed by atoms with Gasteiger partial charge in [-0.25, -0.2) is 4.79 Å². The molecular formula is C11H14O4. The van der Waals surface area contributed by atoms with E-state index in [0.29, 0.717) is 12.2 Å². The Kier molecular flexibility index (Phi) is 3.19. The van der Waals surface area contributed by atoms with E-state index < -0.39 is 11.6 Å². The van der Waals surface area contributed by atoms with E-state index in [1.165, 1.54) is 31.2 Å². The van der Waals surface area contributed by atoms with Gasteiger partial charge in [0.1, 0.15) is 11.5 Å². The summed E-state index contributed by atoms with van der Waals surface area (Å²) in [6.07, 6.45) is 0.364. The Bertz CT molecular complexity index is 344. The van der Waals surface area contributed by atoms with Crippen molar-refractivity contribution in [2.75, 3.05) is 0 Å².